The van der Waals surface area contributed by atoms with E-state index in [1.807, 2.05) is 12.3 Å². The number of carbonyl (C=O) groups excluding carboxylic acids is 1. The summed E-state index contributed by atoms with van der Waals surface area (Å²) < 4.78 is 58.0. The molecule has 3 aromatic carbocycles. The van der Waals surface area contributed by atoms with Gasteiger partial charge >= 0.3 is 6.09 Å². The van der Waals surface area contributed by atoms with Crippen molar-refractivity contribution >= 4 is 44.5 Å². The van der Waals surface area contributed by atoms with Crippen molar-refractivity contribution in [3.63, 3.8) is 0 Å². The van der Waals surface area contributed by atoms with Crippen LogP contribution in [0.2, 0.25) is 0 Å². The third-order valence-corrected chi connectivity index (χ3v) is 8.31. The molecule has 1 N–H and O–H groups in total. The molecule has 0 saturated heterocycles. The second-order valence-electron chi connectivity index (χ2n) is 9.49. The van der Waals surface area contributed by atoms with Gasteiger partial charge < -0.3 is 19.2 Å². The standard InChI is InChI=1S/C29H29FN2O6S2/c1-31-29(33)38-28-24-16-23(18-4-5-18)25(32(14-15-39-2)40(3,34)35)17-26(24)37-27(28)19-6-10-21(11-7-19)36-22-12-8-20(30)9-13-22/h6-13,16-18H,4-5,14-15H2,1-3H3,(H,31,33). The molecule has 0 unspecified atom stereocenters. The number of rotatable bonds is 10. The Morgan fingerprint density at radius 2 is 1.75 bits per heavy atom. The number of nitrogens with one attached hydrogen (secondary N) is 1. The lowest BCUT2D eigenvalue weighted by molar-refractivity contribution is 0.203. The first-order valence-corrected chi connectivity index (χ1v) is 15.9. The molecule has 210 valence electrons. The number of hydrogen-bond donors (Lipinski definition) is 1. The molecular formula is C29H29FN2O6S2. The van der Waals surface area contributed by atoms with Crippen LogP contribution in [0.15, 0.2) is 65.1 Å². The maximum Gasteiger partial charge on any atom is 0.412 e. The van der Waals surface area contributed by atoms with Gasteiger partial charge in [0, 0.05) is 31.0 Å². The lowest BCUT2D eigenvalue weighted by Gasteiger charge is -2.25. The van der Waals surface area contributed by atoms with E-state index in [1.54, 1.807) is 42.1 Å². The number of halogens is 1. The van der Waals surface area contributed by atoms with E-state index in [9.17, 15) is 17.6 Å². The van der Waals surface area contributed by atoms with Crippen LogP contribution < -0.4 is 19.1 Å². The van der Waals surface area contributed by atoms with Crippen molar-refractivity contribution in [3.8, 4) is 28.6 Å². The van der Waals surface area contributed by atoms with Crippen LogP contribution in [0.3, 0.4) is 0 Å². The number of amides is 1. The molecule has 0 aliphatic heterocycles. The van der Waals surface area contributed by atoms with Crippen molar-refractivity contribution in [2.45, 2.75) is 18.8 Å². The Bertz CT molecular complexity index is 1630. The van der Waals surface area contributed by atoms with E-state index in [0.29, 0.717) is 51.8 Å². The van der Waals surface area contributed by atoms with E-state index in [0.717, 1.165) is 18.4 Å². The third-order valence-electron chi connectivity index (χ3n) is 6.54. The van der Waals surface area contributed by atoms with E-state index >= 15 is 0 Å². The molecule has 40 heavy (non-hydrogen) atoms. The Labute approximate surface area is 236 Å². The number of anilines is 1. The molecule has 1 heterocycles. The quantitative estimate of drug-likeness (QED) is 0.220. The highest BCUT2D eigenvalue weighted by Crippen LogP contribution is 2.49. The summed E-state index contributed by atoms with van der Waals surface area (Å²) in [5, 5.41) is 3.05. The molecule has 0 radical (unpaired) electrons. The van der Waals surface area contributed by atoms with Crippen molar-refractivity contribution in [1.29, 1.82) is 0 Å². The summed E-state index contributed by atoms with van der Waals surface area (Å²) in [6, 6.07) is 16.3. The first-order valence-electron chi connectivity index (χ1n) is 12.7. The van der Waals surface area contributed by atoms with Crippen molar-refractivity contribution < 1.29 is 31.5 Å². The van der Waals surface area contributed by atoms with Crippen molar-refractivity contribution in [2.75, 3.05) is 36.2 Å². The molecule has 1 amide bonds. The van der Waals surface area contributed by atoms with Gasteiger partial charge in [-0.25, -0.2) is 17.6 Å². The summed E-state index contributed by atoms with van der Waals surface area (Å²) in [7, 11) is -2.08. The van der Waals surface area contributed by atoms with Gasteiger partial charge in [0.1, 0.15) is 22.9 Å². The van der Waals surface area contributed by atoms with Crippen molar-refractivity contribution in [1.82, 2.24) is 5.32 Å². The topological polar surface area (TPSA) is 98.1 Å². The number of sulfonamides is 1. The van der Waals surface area contributed by atoms with Gasteiger partial charge in [-0.1, -0.05) is 0 Å². The van der Waals surface area contributed by atoms with E-state index in [-0.39, 0.29) is 17.5 Å². The van der Waals surface area contributed by atoms with Gasteiger partial charge in [-0.2, -0.15) is 11.8 Å². The molecule has 11 heteroatoms. The molecule has 1 aliphatic rings. The molecule has 1 fully saturated rings. The minimum atomic E-state index is -3.55. The van der Waals surface area contributed by atoms with Crippen LogP contribution in [-0.4, -0.2) is 46.4 Å². The number of furan rings is 1. The largest absolute Gasteiger partial charge is 0.457 e. The number of thioether (sulfide) groups is 1. The molecule has 0 bridgehead atoms. The molecule has 0 atom stereocenters. The fraction of sp³-hybridized carbons (Fsp3) is 0.276. The molecule has 1 aliphatic carbocycles. The Morgan fingerprint density at radius 1 is 1.10 bits per heavy atom. The molecule has 1 aromatic heterocycles. The maximum absolute atomic E-state index is 13.2. The van der Waals surface area contributed by atoms with Gasteiger partial charge in [0.25, 0.3) is 0 Å². The van der Waals surface area contributed by atoms with Gasteiger partial charge in [-0.05, 0) is 85.2 Å². The highest BCUT2D eigenvalue weighted by Gasteiger charge is 2.32. The average molecular weight is 585 g/mol. The molecule has 4 aromatic rings. The minimum Gasteiger partial charge on any atom is -0.457 e. The molecule has 8 nitrogen and oxygen atoms in total. The van der Waals surface area contributed by atoms with E-state index in [2.05, 4.69) is 5.32 Å². The van der Waals surface area contributed by atoms with E-state index in [1.165, 1.54) is 41.9 Å². The summed E-state index contributed by atoms with van der Waals surface area (Å²) in [6.45, 7) is 0.329. The highest BCUT2D eigenvalue weighted by molar-refractivity contribution is 7.98. The zero-order chi connectivity index (χ0) is 28.4. The highest BCUT2D eigenvalue weighted by atomic mass is 32.2. The van der Waals surface area contributed by atoms with E-state index < -0.39 is 16.1 Å². The van der Waals surface area contributed by atoms with Gasteiger partial charge in [-0.15, -0.1) is 0 Å². The van der Waals surface area contributed by atoms with Crippen LogP contribution in [0.25, 0.3) is 22.3 Å². The Hall–Kier alpha value is -3.70. The number of carbonyl (C=O) groups is 1. The maximum atomic E-state index is 13.2. The molecule has 1 saturated carbocycles. The van der Waals surface area contributed by atoms with Crippen LogP contribution in [0.5, 0.6) is 17.2 Å². The predicted octanol–water partition coefficient (Wildman–Crippen LogP) is 6.76. The Balaban J connectivity index is 1.59. The van der Waals surface area contributed by atoms with Gasteiger partial charge in [0.2, 0.25) is 10.0 Å². The number of nitrogens with zero attached hydrogens (tertiary/aromatic N) is 1. The van der Waals surface area contributed by atoms with Crippen LogP contribution >= 0.6 is 11.8 Å². The fourth-order valence-electron chi connectivity index (χ4n) is 4.45. The van der Waals surface area contributed by atoms with Crippen LogP contribution in [0.1, 0.15) is 24.3 Å². The van der Waals surface area contributed by atoms with Gasteiger partial charge in [0.15, 0.2) is 11.5 Å². The van der Waals surface area contributed by atoms with Crippen LogP contribution in [0, 0.1) is 5.82 Å². The van der Waals surface area contributed by atoms with Gasteiger partial charge in [0.05, 0.1) is 17.3 Å². The minimum absolute atomic E-state index is 0.215. The SMILES string of the molecule is CNC(=O)Oc1c(-c2ccc(Oc3ccc(F)cc3)cc2)oc2cc(N(CCSC)S(C)(=O)=O)c(C3CC3)cc12. The average Bonchev–Trinajstić information content (AvgIpc) is 3.72. The van der Waals surface area contributed by atoms with Crippen LogP contribution in [-0.2, 0) is 10.0 Å². The summed E-state index contributed by atoms with van der Waals surface area (Å²) in [5.74, 6) is 2.07. The molecular weight excluding hydrogens is 555 g/mol. The third kappa shape index (κ3) is 6.05. The lowest BCUT2D eigenvalue weighted by atomic mass is 10.0. The first kappa shape index (κ1) is 27.9. The van der Waals surface area contributed by atoms with Gasteiger partial charge in [-0.3, -0.25) is 4.31 Å². The molecule has 5 rings (SSSR count). The zero-order valence-corrected chi connectivity index (χ0v) is 23.9. The Morgan fingerprint density at radius 3 is 2.33 bits per heavy atom. The first-order chi connectivity index (χ1) is 19.2. The van der Waals surface area contributed by atoms with Crippen LogP contribution in [0.4, 0.5) is 14.9 Å². The monoisotopic (exact) mass is 584 g/mol. The number of hydrogen-bond acceptors (Lipinski definition) is 7. The Kier molecular flexibility index (Phi) is 7.95. The lowest BCUT2D eigenvalue weighted by Crippen LogP contribution is -2.32. The second-order valence-corrected chi connectivity index (χ2v) is 12.4. The predicted molar refractivity (Wildman–Crippen MR) is 156 cm³/mol. The summed E-state index contributed by atoms with van der Waals surface area (Å²) in [6.07, 6.45) is 4.38. The van der Waals surface area contributed by atoms with Crippen molar-refractivity contribution in [3.05, 3.63) is 72.0 Å². The van der Waals surface area contributed by atoms with E-state index in [4.69, 9.17) is 13.9 Å². The second kappa shape index (κ2) is 11.4. The summed E-state index contributed by atoms with van der Waals surface area (Å²) in [5.41, 5.74) is 2.49. The fourth-order valence-corrected chi connectivity index (χ4v) is 5.87. The number of ether oxygens (including phenoxy) is 2. The number of fused-ring (bicyclic) bond motifs is 1. The smallest absolute Gasteiger partial charge is 0.412 e. The molecule has 0 spiro atoms. The summed E-state index contributed by atoms with van der Waals surface area (Å²) in [4.78, 5) is 12.3. The number of benzene rings is 3. The van der Waals surface area contributed by atoms with Crippen molar-refractivity contribution in [2.24, 2.45) is 0 Å². The normalized spacial score (nSPS) is 13.3. The summed E-state index contributed by atoms with van der Waals surface area (Å²) >= 11 is 1.57. The zero-order valence-electron chi connectivity index (χ0n) is 22.3.